The summed E-state index contributed by atoms with van der Waals surface area (Å²) in [6.45, 7) is 1.93. The van der Waals surface area contributed by atoms with Crippen LogP contribution < -0.4 is 0 Å². The van der Waals surface area contributed by atoms with Crippen molar-refractivity contribution in [1.82, 2.24) is 0 Å². The van der Waals surface area contributed by atoms with Crippen LogP contribution in [0.4, 0.5) is 8.78 Å². The molecule has 4 rings (SSSR count). The van der Waals surface area contributed by atoms with E-state index in [2.05, 4.69) is 12.1 Å². The third-order valence-corrected chi connectivity index (χ3v) is 5.87. The first-order valence-electron chi connectivity index (χ1n) is 8.28. The fourth-order valence-corrected chi connectivity index (χ4v) is 4.15. The van der Waals surface area contributed by atoms with Gasteiger partial charge in [-0.1, -0.05) is 30.7 Å². The van der Waals surface area contributed by atoms with Gasteiger partial charge in [-0.2, -0.15) is 0 Å². The second kappa shape index (κ2) is 6.14. The summed E-state index contributed by atoms with van der Waals surface area (Å²) in [6, 6.07) is 14.6. The van der Waals surface area contributed by atoms with E-state index in [1.807, 2.05) is 25.1 Å². The molecule has 0 saturated heterocycles. The van der Waals surface area contributed by atoms with Crippen LogP contribution in [-0.2, 0) is 0 Å². The lowest BCUT2D eigenvalue weighted by molar-refractivity contribution is 0.420. The second-order valence-corrected chi connectivity index (χ2v) is 7.76. The zero-order valence-corrected chi connectivity index (χ0v) is 14.3. The summed E-state index contributed by atoms with van der Waals surface area (Å²) in [7, 11) is 0. The van der Waals surface area contributed by atoms with Gasteiger partial charge in [-0.3, -0.25) is 0 Å². The fourth-order valence-electron chi connectivity index (χ4n) is 3.23. The van der Waals surface area contributed by atoms with Crippen molar-refractivity contribution < 1.29 is 8.78 Å². The average molecular weight is 340 g/mol. The van der Waals surface area contributed by atoms with E-state index in [9.17, 15) is 8.78 Å². The molecule has 3 aromatic rings. The first kappa shape index (κ1) is 15.5. The van der Waals surface area contributed by atoms with Crippen LogP contribution in [0.1, 0.15) is 35.6 Å². The smallest absolute Gasteiger partial charge is 0.135 e. The van der Waals surface area contributed by atoms with Gasteiger partial charge in [-0.05, 0) is 66.6 Å². The van der Waals surface area contributed by atoms with Gasteiger partial charge < -0.3 is 0 Å². The van der Waals surface area contributed by atoms with E-state index in [-0.39, 0.29) is 5.56 Å². The van der Waals surface area contributed by atoms with E-state index in [0.717, 1.165) is 10.4 Å². The maximum absolute atomic E-state index is 14.5. The molecule has 0 N–H and O–H groups in total. The van der Waals surface area contributed by atoms with Crippen LogP contribution in [0.15, 0.2) is 48.5 Å². The number of thiophene rings is 1. The molecule has 1 heterocycles. The molecule has 24 heavy (non-hydrogen) atoms. The Bertz CT molecular complexity index is 850. The van der Waals surface area contributed by atoms with Gasteiger partial charge in [-0.25, -0.2) is 8.78 Å². The third-order valence-electron chi connectivity index (χ3n) is 4.85. The van der Waals surface area contributed by atoms with Crippen molar-refractivity contribution in [2.75, 3.05) is 0 Å². The van der Waals surface area contributed by atoms with Gasteiger partial charge in [-0.15, -0.1) is 11.3 Å². The van der Waals surface area contributed by atoms with Crippen LogP contribution in [0.5, 0.6) is 0 Å². The van der Waals surface area contributed by atoms with Crippen molar-refractivity contribution in [1.29, 1.82) is 0 Å². The zero-order chi connectivity index (χ0) is 16.7. The summed E-state index contributed by atoms with van der Waals surface area (Å²) in [5.41, 5.74) is 2.84. The lowest BCUT2D eigenvalue weighted by Gasteiger charge is -2.25. The van der Waals surface area contributed by atoms with Crippen LogP contribution in [-0.4, -0.2) is 0 Å². The van der Waals surface area contributed by atoms with E-state index >= 15 is 0 Å². The van der Waals surface area contributed by atoms with E-state index in [0.29, 0.717) is 16.4 Å². The minimum Gasteiger partial charge on any atom is -0.206 e. The lowest BCUT2D eigenvalue weighted by Crippen LogP contribution is -2.08. The first-order valence-corrected chi connectivity index (χ1v) is 9.09. The number of hydrogen-bond donors (Lipinski definition) is 0. The summed E-state index contributed by atoms with van der Waals surface area (Å²) in [5, 5.41) is 0. The minimum atomic E-state index is -0.505. The number of hydrogen-bond acceptors (Lipinski definition) is 1. The number of benzene rings is 2. The zero-order valence-electron chi connectivity index (χ0n) is 13.5. The molecule has 1 aliphatic rings. The average Bonchev–Trinajstić information content (AvgIpc) is 2.92. The van der Waals surface area contributed by atoms with Crippen molar-refractivity contribution in [3.05, 3.63) is 70.6 Å². The lowest BCUT2D eigenvalue weighted by atomic mass is 9.80. The molecule has 3 heteroatoms. The molecule has 0 atom stereocenters. The Kier molecular flexibility index (Phi) is 3.97. The molecular weight excluding hydrogens is 322 g/mol. The molecule has 1 saturated carbocycles. The normalized spacial score (nSPS) is 14.6. The molecule has 0 aliphatic heterocycles. The predicted octanol–water partition coefficient (Wildman–Crippen LogP) is 6.94. The SMILES string of the molecule is Cc1ccc(-c2c(F)cc(-c3ccc(C4CCC4)cc3)cc2F)s1. The molecule has 1 aromatic heterocycles. The maximum atomic E-state index is 14.5. The third kappa shape index (κ3) is 2.78. The largest absolute Gasteiger partial charge is 0.206 e. The molecular formula is C21H18F2S. The highest BCUT2D eigenvalue weighted by atomic mass is 32.1. The van der Waals surface area contributed by atoms with Gasteiger partial charge in [0.15, 0.2) is 0 Å². The van der Waals surface area contributed by atoms with Gasteiger partial charge in [0.25, 0.3) is 0 Å². The Morgan fingerprint density at radius 1 is 0.875 bits per heavy atom. The van der Waals surface area contributed by atoms with Crippen molar-refractivity contribution >= 4 is 11.3 Å². The highest BCUT2D eigenvalue weighted by Gasteiger charge is 2.19. The maximum Gasteiger partial charge on any atom is 0.135 e. The fraction of sp³-hybridized carbons (Fsp3) is 0.238. The minimum absolute atomic E-state index is 0.0722. The van der Waals surface area contributed by atoms with Crippen LogP contribution in [0, 0.1) is 18.6 Å². The molecule has 0 bridgehead atoms. The standard InChI is InChI=1S/C21H18F2S/c1-13-5-10-20(24-13)21-18(22)11-17(12-19(21)23)16-8-6-15(7-9-16)14-3-2-4-14/h5-12,14H,2-4H2,1H3. The molecule has 0 unspecified atom stereocenters. The van der Waals surface area contributed by atoms with Crippen molar-refractivity contribution in [2.24, 2.45) is 0 Å². The molecule has 0 spiro atoms. The van der Waals surface area contributed by atoms with Crippen LogP contribution in [0.3, 0.4) is 0 Å². The first-order chi connectivity index (χ1) is 11.6. The number of halogens is 2. The van der Waals surface area contributed by atoms with E-state index in [4.69, 9.17) is 0 Å². The summed E-state index contributed by atoms with van der Waals surface area (Å²) in [4.78, 5) is 1.67. The molecule has 1 aliphatic carbocycles. The Hall–Kier alpha value is -2.00. The monoisotopic (exact) mass is 340 g/mol. The molecule has 0 radical (unpaired) electrons. The number of rotatable bonds is 3. The molecule has 2 aromatic carbocycles. The van der Waals surface area contributed by atoms with Crippen LogP contribution >= 0.6 is 11.3 Å². The Labute approximate surface area is 144 Å². The van der Waals surface area contributed by atoms with E-state index in [1.54, 1.807) is 6.07 Å². The Morgan fingerprint density at radius 3 is 2.04 bits per heavy atom. The van der Waals surface area contributed by atoms with Crippen molar-refractivity contribution in [3.63, 3.8) is 0 Å². The molecule has 1 fully saturated rings. The summed E-state index contributed by atoms with van der Waals surface area (Å²) in [5.74, 6) is -0.346. The molecule has 0 amide bonds. The van der Waals surface area contributed by atoms with Gasteiger partial charge in [0.05, 0.1) is 5.56 Å². The molecule has 0 nitrogen and oxygen atoms in total. The van der Waals surface area contributed by atoms with Gasteiger partial charge in [0, 0.05) is 9.75 Å². The van der Waals surface area contributed by atoms with Crippen LogP contribution in [0.2, 0.25) is 0 Å². The second-order valence-electron chi connectivity index (χ2n) is 6.48. The van der Waals surface area contributed by atoms with Crippen LogP contribution in [0.25, 0.3) is 21.6 Å². The summed E-state index contributed by atoms with van der Waals surface area (Å²) >= 11 is 1.40. The Balaban J connectivity index is 1.69. The van der Waals surface area contributed by atoms with Crippen molar-refractivity contribution in [2.45, 2.75) is 32.1 Å². The van der Waals surface area contributed by atoms with E-state index in [1.165, 1.54) is 48.3 Å². The van der Waals surface area contributed by atoms with E-state index < -0.39 is 11.6 Å². The van der Waals surface area contributed by atoms with Gasteiger partial charge in [0.1, 0.15) is 11.6 Å². The van der Waals surface area contributed by atoms with Gasteiger partial charge in [0.2, 0.25) is 0 Å². The predicted molar refractivity (Wildman–Crippen MR) is 96.4 cm³/mol. The summed E-state index contributed by atoms with van der Waals surface area (Å²) < 4.78 is 29.1. The quantitative estimate of drug-likeness (QED) is 0.484. The van der Waals surface area contributed by atoms with Gasteiger partial charge >= 0.3 is 0 Å². The molecule has 122 valence electrons. The Morgan fingerprint density at radius 2 is 1.54 bits per heavy atom. The van der Waals surface area contributed by atoms with Crippen molar-refractivity contribution in [3.8, 4) is 21.6 Å². The number of aryl methyl sites for hydroxylation is 1. The summed E-state index contributed by atoms with van der Waals surface area (Å²) in [6.07, 6.45) is 3.79. The topological polar surface area (TPSA) is 0 Å². The highest BCUT2D eigenvalue weighted by Crippen LogP contribution is 2.38. The highest BCUT2D eigenvalue weighted by molar-refractivity contribution is 7.15.